The van der Waals surface area contributed by atoms with E-state index in [9.17, 15) is 18.0 Å². The highest BCUT2D eigenvalue weighted by Crippen LogP contribution is 2.33. The van der Waals surface area contributed by atoms with Gasteiger partial charge in [-0.15, -0.1) is 0 Å². The molecular formula is C29H32ClN3O5S. The molecule has 1 aliphatic rings. The molecule has 0 unspecified atom stereocenters. The van der Waals surface area contributed by atoms with E-state index in [1.165, 1.54) is 30.7 Å². The zero-order chi connectivity index (χ0) is 27.8. The Morgan fingerprint density at radius 1 is 0.949 bits per heavy atom. The van der Waals surface area contributed by atoms with Gasteiger partial charge in [0.05, 0.1) is 28.4 Å². The van der Waals surface area contributed by atoms with Crippen LogP contribution in [0.15, 0.2) is 77.7 Å². The van der Waals surface area contributed by atoms with E-state index in [0.29, 0.717) is 28.6 Å². The van der Waals surface area contributed by atoms with Crippen LogP contribution in [0.5, 0.6) is 5.75 Å². The summed E-state index contributed by atoms with van der Waals surface area (Å²) in [5, 5.41) is 6.19. The number of para-hydroxylation sites is 3. The van der Waals surface area contributed by atoms with Gasteiger partial charge in [-0.1, -0.05) is 55.1 Å². The molecule has 0 heterocycles. The molecule has 3 aromatic carbocycles. The van der Waals surface area contributed by atoms with Crippen LogP contribution in [0, 0.1) is 0 Å². The molecule has 0 radical (unpaired) electrons. The number of nitrogens with one attached hydrogen (secondary N) is 2. The molecule has 0 aliphatic heterocycles. The first kappa shape index (κ1) is 28.4. The minimum Gasteiger partial charge on any atom is -0.492 e. The van der Waals surface area contributed by atoms with Gasteiger partial charge in [0.1, 0.15) is 12.3 Å². The zero-order valence-corrected chi connectivity index (χ0v) is 23.3. The smallest absolute Gasteiger partial charge is 0.264 e. The van der Waals surface area contributed by atoms with E-state index in [4.69, 9.17) is 16.3 Å². The SMILES string of the molecule is CCOc1ccccc1N(CC(=O)Nc1ccccc1C(=O)NC1CCCCC1)S(=O)(=O)c1ccc(Cl)cc1. The van der Waals surface area contributed by atoms with Crippen molar-refractivity contribution in [3.8, 4) is 5.75 Å². The van der Waals surface area contributed by atoms with E-state index in [0.717, 1.165) is 30.0 Å². The number of carbonyl (C=O) groups excluding carboxylic acids is 2. The van der Waals surface area contributed by atoms with Crippen LogP contribution in [0.2, 0.25) is 5.02 Å². The normalized spacial score (nSPS) is 13.9. The third-order valence-electron chi connectivity index (χ3n) is 6.51. The van der Waals surface area contributed by atoms with E-state index in [2.05, 4.69) is 10.6 Å². The maximum Gasteiger partial charge on any atom is 0.264 e. The Kier molecular flexibility index (Phi) is 9.48. The Balaban J connectivity index is 1.61. The molecular weight excluding hydrogens is 538 g/mol. The molecule has 1 saturated carbocycles. The molecule has 0 bridgehead atoms. The number of rotatable bonds is 10. The van der Waals surface area contributed by atoms with Crippen LogP contribution in [-0.4, -0.2) is 39.4 Å². The fraction of sp³-hybridized carbons (Fsp3) is 0.310. The van der Waals surface area contributed by atoms with Gasteiger partial charge in [-0.25, -0.2) is 8.42 Å². The number of ether oxygens (including phenoxy) is 1. The number of hydrogen-bond donors (Lipinski definition) is 2. The van der Waals surface area contributed by atoms with Crippen molar-refractivity contribution in [2.45, 2.75) is 50.0 Å². The number of hydrogen-bond acceptors (Lipinski definition) is 5. The highest BCUT2D eigenvalue weighted by Gasteiger charge is 2.30. The summed E-state index contributed by atoms with van der Waals surface area (Å²) in [6, 6.07) is 19.1. The molecule has 1 aliphatic carbocycles. The number of halogens is 1. The lowest BCUT2D eigenvalue weighted by Gasteiger charge is -2.26. The summed E-state index contributed by atoms with van der Waals surface area (Å²) < 4.78 is 34.2. The molecule has 3 aromatic rings. The number of anilines is 2. The van der Waals surface area contributed by atoms with E-state index in [1.54, 1.807) is 55.5 Å². The van der Waals surface area contributed by atoms with Gasteiger partial charge in [0.25, 0.3) is 15.9 Å². The Morgan fingerprint density at radius 3 is 2.33 bits per heavy atom. The second-order valence-corrected chi connectivity index (χ2v) is 11.6. The summed E-state index contributed by atoms with van der Waals surface area (Å²) in [7, 11) is -4.19. The summed E-state index contributed by atoms with van der Waals surface area (Å²) in [4.78, 5) is 26.4. The van der Waals surface area contributed by atoms with Crippen LogP contribution in [0.3, 0.4) is 0 Å². The molecule has 8 nitrogen and oxygen atoms in total. The molecule has 0 aromatic heterocycles. The monoisotopic (exact) mass is 569 g/mol. The zero-order valence-electron chi connectivity index (χ0n) is 21.7. The molecule has 0 spiro atoms. The molecule has 39 heavy (non-hydrogen) atoms. The first-order chi connectivity index (χ1) is 18.8. The maximum absolute atomic E-state index is 13.8. The van der Waals surface area contributed by atoms with Crippen molar-refractivity contribution in [3.05, 3.63) is 83.4 Å². The highest BCUT2D eigenvalue weighted by molar-refractivity contribution is 7.92. The van der Waals surface area contributed by atoms with Crippen LogP contribution in [0.25, 0.3) is 0 Å². The summed E-state index contributed by atoms with van der Waals surface area (Å²) >= 11 is 5.98. The quantitative estimate of drug-likeness (QED) is 0.329. The fourth-order valence-corrected chi connectivity index (χ4v) is 6.15. The molecule has 0 atom stereocenters. The van der Waals surface area contributed by atoms with Crippen LogP contribution < -0.4 is 19.7 Å². The minimum atomic E-state index is -4.19. The van der Waals surface area contributed by atoms with Gasteiger partial charge in [-0.3, -0.25) is 13.9 Å². The molecule has 206 valence electrons. The molecule has 2 amide bonds. The van der Waals surface area contributed by atoms with Crippen molar-refractivity contribution in [1.82, 2.24) is 5.32 Å². The summed E-state index contributed by atoms with van der Waals surface area (Å²) in [6.07, 6.45) is 5.17. The van der Waals surface area contributed by atoms with Gasteiger partial charge in [-0.05, 0) is 68.3 Å². The minimum absolute atomic E-state index is 0.0294. The summed E-state index contributed by atoms with van der Waals surface area (Å²) in [5.41, 5.74) is 0.837. The summed E-state index contributed by atoms with van der Waals surface area (Å²) in [5.74, 6) is -0.570. The summed E-state index contributed by atoms with van der Waals surface area (Å²) in [6.45, 7) is 1.55. The Bertz CT molecular complexity index is 1410. The second kappa shape index (κ2) is 13.0. The van der Waals surface area contributed by atoms with Gasteiger partial charge < -0.3 is 15.4 Å². The van der Waals surface area contributed by atoms with Crippen molar-refractivity contribution in [1.29, 1.82) is 0 Å². The lowest BCUT2D eigenvalue weighted by Crippen LogP contribution is -2.39. The van der Waals surface area contributed by atoms with Gasteiger partial charge in [-0.2, -0.15) is 0 Å². The van der Waals surface area contributed by atoms with Gasteiger partial charge in [0.15, 0.2) is 0 Å². The first-order valence-electron chi connectivity index (χ1n) is 13.0. The predicted octanol–water partition coefficient (Wildman–Crippen LogP) is 5.64. The Labute approximate surface area is 234 Å². The first-order valence-corrected chi connectivity index (χ1v) is 14.8. The molecule has 1 fully saturated rings. The van der Waals surface area contributed by atoms with Crippen molar-refractivity contribution in [3.63, 3.8) is 0 Å². The van der Waals surface area contributed by atoms with Crippen molar-refractivity contribution in [2.75, 3.05) is 22.8 Å². The average Bonchev–Trinajstić information content (AvgIpc) is 2.93. The van der Waals surface area contributed by atoms with Crippen molar-refractivity contribution >= 4 is 44.8 Å². The van der Waals surface area contributed by atoms with Crippen LogP contribution in [0.1, 0.15) is 49.4 Å². The van der Waals surface area contributed by atoms with Crippen LogP contribution in [-0.2, 0) is 14.8 Å². The Morgan fingerprint density at radius 2 is 1.62 bits per heavy atom. The van der Waals surface area contributed by atoms with E-state index < -0.39 is 22.5 Å². The lowest BCUT2D eigenvalue weighted by molar-refractivity contribution is -0.114. The number of benzene rings is 3. The number of carbonyl (C=O) groups is 2. The number of nitrogens with zero attached hydrogens (tertiary/aromatic N) is 1. The molecule has 0 saturated heterocycles. The maximum atomic E-state index is 13.8. The highest BCUT2D eigenvalue weighted by atomic mass is 35.5. The Hall–Kier alpha value is -3.56. The van der Waals surface area contributed by atoms with Gasteiger partial charge in [0.2, 0.25) is 5.91 Å². The van der Waals surface area contributed by atoms with Crippen molar-refractivity contribution in [2.24, 2.45) is 0 Å². The number of sulfonamides is 1. The van der Waals surface area contributed by atoms with E-state index in [-0.39, 0.29) is 22.5 Å². The number of amides is 2. The van der Waals surface area contributed by atoms with E-state index in [1.807, 2.05) is 0 Å². The second-order valence-electron chi connectivity index (χ2n) is 9.27. The molecule has 4 rings (SSSR count). The average molecular weight is 570 g/mol. The topological polar surface area (TPSA) is 105 Å². The standard InChI is InChI=1S/C29H32ClN3O5S/c1-2-38-27-15-9-8-14-26(27)33(39(36,37)23-18-16-21(30)17-19-23)20-28(34)32-25-13-7-6-12-24(25)29(35)31-22-10-4-3-5-11-22/h6-9,12-19,22H,2-5,10-11,20H2,1H3,(H,31,35)(H,32,34). The lowest BCUT2D eigenvalue weighted by atomic mass is 9.95. The van der Waals surface area contributed by atoms with Crippen LogP contribution in [0.4, 0.5) is 11.4 Å². The molecule has 10 heteroatoms. The molecule has 2 N–H and O–H groups in total. The third-order valence-corrected chi connectivity index (χ3v) is 8.53. The van der Waals surface area contributed by atoms with E-state index >= 15 is 0 Å². The van der Waals surface area contributed by atoms with Crippen LogP contribution >= 0.6 is 11.6 Å². The third kappa shape index (κ3) is 7.10. The largest absolute Gasteiger partial charge is 0.492 e. The fourth-order valence-electron chi connectivity index (χ4n) is 4.59. The van der Waals surface area contributed by atoms with Gasteiger partial charge >= 0.3 is 0 Å². The van der Waals surface area contributed by atoms with Crippen molar-refractivity contribution < 1.29 is 22.7 Å². The van der Waals surface area contributed by atoms with Gasteiger partial charge in [0, 0.05) is 11.1 Å². The predicted molar refractivity (Wildman–Crippen MR) is 153 cm³/mol.